The minimum absolute atomic E-state index is 0. The van der Waals surface area contributed by atoms with Crippen LogP contribution >= 0.6 is 0 Å². The van der Waals surface area contributed by atoms with Crippen molar-refractivity contribution in [1.82, 2.24) is 0 Å². The third-order valence-corrected chi connectivity index (χ3v) is 0. The van der Waals surface area contributed by atoms with Crippen molar-refractivity contribution in [1.29, 1.82) is 0 Å². The maximum atomic E-state index is 8.50. The first-order valence-corrected chi connectivity index (χ1v) is 0.169. The molecule has 4 heteroatoms. The topological polar surface area (TPSA) is 20.2 Å². The zero-order chi connectivity index (χ0) is 2.00. The van der Waals surface area contributed by atoms with Crippen molar-refractivity contribution in [2.75, 3.05) is 0 Å². The number of hydrogen-bond donors (Lipinski definition) is 1. The fourth-order valence-corrected chi connectivity index (χ4v) is 0. The Morgan fingerprint density at radius 3 is 1.25 bits per heavy atom. The van der Waals surface area contributed by atoms with Crippen LogP contribution in [0.4, 0.5) is 4.53 Å². The minimum Gasteiger partial charge on any atom is 0 e. The fourth-order valence-electron chi connectivity index (χ4n) is 0. The van der Waals surface area contributed by atoms with Gasteiger partial charge in [0.15, 0.2) is 0 Å². The van der Waals surface area contributed by atoms with Gasteiger partial charge in [0.05, 0.1) is 0 Å². The Morgan fingerprint density at radius 2 is 1.25 bits per heavy atom. The Kier molecular flexibility index (Phi) is 178. The maximum absolute atomic E-state index is 8.50. The predicted octanol–water partition coefficient (Wildman–Crippen LogP) is -0.788. The summed E-state index contributed by atoms with van der Waals surface area (Å²) in [6.07, 6.45) is 0. The van der Waals surface area contributed by atoms with E-state index in [-0.39, 0.29) is 35.9 Å². The molecule has 1 radical (unpaired) electrons. The van der Waals surface area contributed by atoms with Gasteiger partial charge in [-0.25, -0.2) is 5.31 Å². The molecule has 23 valence electrons. The zero-order valence-electron chi connectivity index (χ0n) is 1.20. The molecule has 0 spiro atoms. The Morgan fingerprint density at radius 1 is 1.25 bits per heavy atom. The number of rotatable bonds is 0. The van der Waals surface area contributed by atoms with Crippen molar-refractivity contribution >= 4 is 18.9 Å². The van der Waals surface area contributed by atoms with Gasteiger partial charge in [-0.3, -0.25) is 0 Å². The van der Waals surface area contributed by atoms with Gasteiger partial charge in [0, 0.05) is 17.1 Å². The minimum atomic E-state index is 0. The van der Waals surface area contributed by atoms with E-state index < -0.39 is 0 Å². The van der Waals surface area contributed by atoms with Crippen LogP contribution in [0.25, 0.3) is 0 Å². The standard InChI is InChI=1S/FHO.Li.Mn.H/c1-2;;;/h2H;;;. The molecule has 0 fully saturated rings. The molecule has 0 saturated carbocycles. The molecule has 0 aromatic rings. The van der Waals surface area contributed by atoms with Crippen LogP contribution in [0.3, 0.4) is 0 Å². The molecule has 0 aliphatic carbocycles. The van der Waals surface area contributed by atoms with E-state index in [4.69, 9.17) is 9.84 Å². The Labute approximate surface area is 46.1 Å². The summed E-state index contributed by atoms with van der Waals surface area (Å²) in [5.74, 6) is 0. The molecule has 0 aliphatic rings. The van der Waals surface area contributed by atoms with Gasteiger partial charge < -0.3 is 0 Å². The fraction of sp³-hybridized carbons (Fsp3) is 0. The van der Waals surface area contributed by atoms with Gasteiger partial charge in [0.25, 0.3) is 0 Å². The number of halogens is 1. The van der Waals surface area contributed by atoms with Crippen LogP contribution in [-0.4, -0.2) is 24.2 Å². The van der Waals surface area contributed by atoms with E-state index in [1.807, 2.05) is 0 Å². The third kappa shape index (κ3) is 11.9. The van der Waals surface area contributed by atoms with Crippen LogP contribution in [0.5, 0.6) is 0 Å². The smallest absolute Gasteiger partial charge is 0 e. The molecule has 0 amide bonds. The predicted molar refractivity (Wildman–Crippen MR) is 10.5 cm³/mol. The monoisotopic (exact) mass is 99.0 g/mol. The Bertz CT molecular complexity index is 8.00. The second-order valence-corrected chi connectivity index (χ2v) is 0. The molecule has 0 aliphatic heterocycles. The first-order valence-electron chi connectivity index (χ1n) is 0.169. The summed E-state index contributed by atoms with van der Waals surface area (Å²) in [4.78, 5) is 0. The molecule has 0 bridgehead atoms. The van der Waals surface area contributed by atoms with Crippen molar-refractivity contribution < 1.29 is 26.9 Å². The SMILES string of the molecule is OF.[LiH].[Mn]. The van der Waals surface area contributed by atoms with Gasteiger partial charge >= 0.3 is 18.9 Å². The van der Waals surface area contributed by atoms with Crippen LogP contribution in [0.15, 0.2) is 0 Å². The molecule has 0 rings (SSSR count). The van der Waals surface area contributed by atoms with E-state index in [1.165, 1.54) is 0 Å². The van der Waals surface area contributed by atoms with Gasteiger partial charge in [0.2, 0.25) is 0 Å². The molecular weight excluding hydrogens is 96.9 g/mol. The first-order chi connectivity index (χ1) is 1.00. The van der Waals surface area contributed by atoms with Crippen molar-refractivity contribution in [3.63, 3.8) is 0 Å². The van der Waals surface area contributed by atoms with E-state index in [9.17, 15) is 0 Å². The van der Waals surface area contributed by atoms with Crippen LogP contribution in [0.2, 0.25) is 0 Å². The van der Waals surface area contributed by atoms with Gasteiger partial charge in [-0.05, 0) is 0 Å². The zero-order valence-corrected chi connectivity index (χ0v) is 2.38. The summed E-state index contributed by atoms with van der Waals surface area (Å²) in [5.41, 5.74) is 0. The summed E-state index contributed by atoms with van der Waals surface area (Å²) < 4.78 is 8.50. The van der Waals surface area contributed by atoms with Crippen molar-refractivity contribution in [3.05, 3.63) is 0 Å². The summed E-state index contributed by atoms with van der Waals surface area (Å²) in [6.45, 7) is 0. The molecule has 0 saturated heterocycles. The molecule has 0 unspecified atom stereocenters. The first kappa shape index (κ1) is 20.0. The van der Waals surface area contributed by atoms with Gasteiger partial charge in [-0.15, -0.1) is 0 Å². The Hall–Kier alpha value is 1.01. The van der Waals surface area contributed by atoms with E-state index >= 15 is 0 Å². The second kappa shape index (κ2) is 35.7. The maximum Gasteiger partial charge on any atom is 0 e. The summed E-state index contributed by atoms with van der Waals surface area (Å²) in [7, 11) is 0. The Balaban J connectivity index is -0.00000000500. The van der Waals surface area contributed by atoms with Crippen LogP contribution in [0.1, 0.15) is 0 Å². The summed E-state index contributed by atoms with van der Waals surface area (Å²) >= 11 is 0. The summed E-state index contributed by atoms with van der Waals surface area (Å²) in [5, 5.41) is 5.50. The van der Waals surface area contributed by atoms with Gasteiger partial charge in [0.1, 0.15) is 0 Å². The summed E-state index contributed by atoms with van der Waals surface area (Å²) in [6, 6.07) is 0. The molecule has 1 nitrogen and oxygen atoms in total. The van der Waals surface area contributed by atoms with Gasteiger partial charge in [-0.2, -0.15) is 0 Å². The average molecular weight is 98.9 g/mol. The molecule has 0 heterocycles. The number of hydrogen-bond acceptors (Lipinski definition) is 1. The van der Waals surface area contributed by atoms with Gasteiger partial charge in [-0.1, -0.05) is 4.53 Å². The van der Waals surface area contributed by atoms with Crippen LogP contribution < -0.4 is 0 Å². The second-order valence-electron chi connectivity index (χ2n) is 0. The van der Waals surface area contributed by atoms with E-state index in [0.717, 1.165) is 0 Å². The van der Waals surface area contributed by atoms with Crippen molar-refractivity contribution in [2.24, 2.45) is 0 Å². The van der Waals surface area contributed by atoms with E-state index in [1.54, 1.807) is 0 Å². The van der Waals surface area contributed by atoms with Crippen molar-refractivity contribution in [2.45, 2.75) is 0 Å². The average Bonchev–Trinajstić information content (AvgIpc) is 1.00. The quantitative estimate of drug-likeness (QED) is 0.394. The molecule has 0 aromatic heterocycles. The van der Waals surface area contributed by atoms with E-state index in [2.05, 4.69) is 0 Å². The molecule has 0 aromatic carbocycles. The van der Waals surface area contributed by atoms with E-state index in [0.29, 0.717) is 0 Å². The van der Waals surface area contributed by atoms with Crippen LogP contribution in [0, 0.1) is 0 Å². The largest absolute Gasteiger partial charge is 0 e. The molecule has 1 N–H and O–H groups in total. The van der Waals surface area contributed by atoms with Crippen LogP contribution in [-0.2, 0) is 17.1 Å². The third-order valence-electron chi connectivity index (χ3n) is 0. The van der Waals surface area contributed by atoms with Crippen molar-refractivity contribution in [3.8, 4) is 0 Å². The molecular formula is H2FLiMnO. The molecule has 0 atom stereocenters. The normalized spacial score (nSPS) is 1.50. The molecule has 4 heavy (non-hydrogen) atoms.